The summed E-state index contributed by atoms with van der Waals surface area (Å²) >= 11 is 0. The number of hydrogen-bond acceptors (Lipinski definition) is 4. The Morgan fingerprint density at radius 1 is 1.11 bits per heavy atom. The zero-order valence-electron chi connectivity index (χ0n) is 15.2. The molecule has 5 heteroatoms. The molecule has 0 spiro atoms. The van der Waals surface area contributed by atoms with E-state index in [1.165, 1.54) is 24.0 Å². The van der Waals surface area contributed by atoms with E-state index in [9.17, 15) is 4.79 Å². The maximum absolute atomic E-state index is 12.5. The SMILES string of the molecule is Cc1ccc(CN(Cc2nc3c(oc4ccccc43)c(=O)[nH]2)C2CC2)cc1. The third kappa shape index (κ3) is 3.15. The normalized spacial score (nSPS) is 14.4. The van der Waals surface area contributed by atoms with Crippen LogP contribution in [0.3, 0.4) is 0 Å². The van der Waals surface area contributed by atoms with E-state index >= 15 is 0 Å². The second kappa shape index (κ2) is 6.35. The molecule has 2 heterocycles. The Morgan fingerprint density at radius 3 is 2.67 bits per heavy atom. The summed E-state index contributed by atoms with van der Waals surface area (Å²) in [4.78, 5) is 22.6. The van der Waals surface area contributed by atoms with Gasteiger partial charge in [-0.3, -0.25) is 9.69 Å². The Bertz CT molecular complexity index is 1170. The zero-order valence-corrected chi connectivity index (χ0v) is 15.2. The molecule has 0 amide bonds. The Hall–Kier alpha value is -2.92. The van der Waals surface area contributed by atoms with Crippen molar-refractivity contribution >= 4 is 22.1 Å². The van der Waals surface area contributed by atoms with Crippen molar-refractivity contribution in [3.05, 3.63) is 75.8 Å². The van der Waals surface area contributed by atoms with Gasteiger partial charge in [-0.15, -0.1) is 0 Å². The number of fused-ring (bicyclic) bond motifs is 3. The predicted octanol–water partition coefficient (Wildman–Crippen LogP) is 4.14. The molecule has 5 nitrogen and oxygen atoms in total. The number of rotatable bonds is 5. The van der Waals surface area contributed by atoms with E-state index in [1.807, 2.05) is 24.3 Å². The van der Waals surface area contributed by atoms with Crippen LogP contribution in [-0.4, -0.2) is 20.9 Å². The van der Waals surface area contributed by atoms with Gasteiger partial charge in [0.25, 0.3) is 5.56 Å². The monoisotopic (exact) mass is 359 g/mol. The van der Waals surface area contributed by atoms with Crippen LogP contribution in [0.4, 0.5) is 0 Å². The van der Waals surface area contributed by atoms with Crippen molar-refractivity contribution in [2.75, 3.05) is 0 Å². The highest BCUT2D eigenvalue weighted by molar-refractivity contribution is 6.01. The van der Waals surface area contributed by atoms with E-state index in [0.717, 1.165) is 11.9 Å². The van der Waals surface area contributed by atoms with E-state index < -0.39 is 0 Å². The van der Waals surface area contributed by atoms with Crippen LogP contribution in [0.25, 0.3) is 22.1 Å². The fourth-order valence-corrected chi connectivity index (χ4v) is 3.60. The van der Waals surface area contributed by atoms with Gasteiger partial charge in [-0.1, -0.05) is 42.0 Å². The van der Waals surface area contributed by atoms with Gasteiger partial charge in [-0.05, 0) is 37.5 Å². The topological polar surface area (TPSA) is 62.1 Å². The van der Waals surface area contributed by atoms with E-state index in [4.69, 9.17) is 9.40 Å². The van der Waals surface area contributed by atoms with Crippen LogP contribution in [-0.2, 0) is 13.1 Å². The minimum atomic E-state index is -0.211. The summed E-state index contributed by atoms with van der Waals surface area (Å²) in [7, 11) is 0. The van der Waals surface area contributed by atoms with Crippen molar-refractivity contribution in [3.8, 4) is 0 Å². The molecular formula is C22H21N3O2. The van der Waals surface area contributed by atoms with Gasteiger partial charge in [0.1, 0.15) is 16.9 Å². The van der Waals surface area contributed by atoms with Crippen LogP contribution in [0.1, 0.15) is 29.8 Å². The average molecular weight is 359 g/mol. The Labute approximate surface area is 156 Å². The minimum absolute atomic E-state index is 0.211. The summed E-state index contributed by atoms with van der Waals surface area (Å²) in [5.41, 5.74) is 3.98. The number of aromatic nitrogens is 2. The molecule has 0 saturated heterocycles. The van der Waals surface area contributed by atoms with E-state index in [-0.39, 0.29) is 5.56 Å². The first kappa shape index (κ1) is 16.3. The van der Waals surface area contributed by atoms with E-state index in [0.29, 0.717) is 35.1 Å². The van der Waals surface area contributed by atoms with Crippen LogP contribution in [0.2, 0.25) is 0 Å². The van der Waals surface area contributed by atoms with Crippen LogP contribution in [0.5, 0.6) is 0 Å². The number of nitrogens with one attached hydrogen (secondary N) is 1. The summed E-state index contributed by atoms with van der Waals surface area (Å²) in [6, 6.07) is 16.8. The standard InChI is InChI=1S/C22H21N3O2/c1-14-6-8-15(9-7-14)12-25(16-10-11-16)13-19-23-20-17-4-2-3-5-18(17)27-21(20)22(26)24-19/h2-9,16H,10-13H2,1H3,(H,23,24,26). The molecule has 1 fully saturated rings. The number of para-hydroxylation sites is 1. The highest BCUT2D eigenvalue weighted by atomic mass is 16.3. The van der Waals surface area contributed by atoms with Crippen molar-refractivity contribution in [2.45, 2.75) is 38.9 Å². The van der Waals surface area contributed by atoms with Crippen LogP contribution in [0, 0.1) is 6.92 Å². The van der Waals surface area contributed by atoms with Gasteiger partial charge in [-0.2, -0.15) is 0 Å². The number of aryl methyl sites for hydroxylation is 1. The minimum Gasteiger partial charge on any atom is -0.449 e. The van der Waals surface area contributed by atoms with Crippen molar-refractivity contribution in [2.24, 2.45) is 0 Å². The fraction of sp³-hybridized carbons (Fsp3) is 0.273. The van der Waals surface area contributed by atoms with Crippen LogP contribution < -0.4 is 5.56 Å². The van der Waals surface area contributed by atoms with Gasteiger partial charge < -0.3 is 9.40 Å². The van der Waals surface area contributed by atoms with Crippen LogP contribution in [0.15, 0.2) is 57.7 Å². The quantitative estimate of drug-likeness (QED) is 0.582. The lowest BCUT2D eigenvalue weighted by Gasteiger charge is -2.21. The van der Waals surface area contributed by atoms with Gasteiger partial charge in [0.05, 0.1) is 6.54 Å². The van der Waals surface area contributed by atoms with Gasteiger partial charge in [-0.25, -0.2) is 4.98 Å². The summed E-state index contributed by atoms with van der Waals surface area (Å²) in [6.07, 6.45) is 2.40. The Balaban J connectivity index is 1.49. The molecule has 1 saturated carbocycles. The number of nitrogens with zero attached hydrogens (tertiary/aromatic N) is 2. The molecule has 4 aromatic rings. The summed E-state index contributed by atoms with van der Waals surface area (Å²) in [6.45, 7) is 3.59. The summed E-state index contributed by atoms with van der Waals surface area (Å²) < 4.78 is 5.69. The first-order valence-electron chi connectivity index (χ1n) is 9.37. The molecule has 1 N–H and O–H groups in total. The van der Waals surface area contributed by atoms with Crippen molar-refractivity contribution in [3.63, 3.8) is 0 Å². The second-order valence-electron chi connectivity index (χ2n) is 7.41. The lowest BCUT2D eigenvalue weighted by atomic mass is 10.1. The lowest BCUT2D eigenvalue weighted by Crippen LogP contribution is -2.27. The van der Waals surface area contributed by atoms with Crippen molar-refractivity contribution in [1.29, 1.82) is 0 Å². The smallest absolute Gasteiger partial charge is 0.294 e. The first-order valence-corrected chi connectivity index (χ1v) is 9.37. The Kier molecular flexibility index (Phi) is 3.83. The van der Waals surface area contributed by atoms with Crippen LogP contribution >= 0.6 is 0 Å². The maximum atomic E-state index is 12.5. The lowest BCUT2D eigenvalue weighted by molar-refractivity contribution is 0.239. The summed E-state index contributed by atoms with van der Waals surface area (Å²) in [5.74, 6) is 0.693. The molecule has 2 aromatic carbocycles. The van der Waals surface area contributed by atoms with Crippen molar-refractivity contribution < 1.29 is 4.42 Å². The molecule has 27 heavy (non-hydrogen) atoms. The van der Waals surface area contributed by atoms with Crippen molar-refractivity contribution in [1.82, 2.24) is 14.9 Å². The van der Waals surface area contributed by atoms with E-state index in [1.54, 1.807) is 0 Å². The molecule has 0 radical (unpaired) electrons. The summed E-state index contributed by atoms with van der Waals surface area (Å²) in [5, 5.41) is 0.886. The second-order valence-corrected chi connectivity index (χ2v) is 7.41. The molecule has 1 aliphatic rings. The third-order valence-electron chi connectivity index (χ3n) is 5.20. The third-order valence-corrected chi connectivity index (χ3v) is 5.20. The molecule has 0 unspecified atom stereocenters. The average Bonchev–Trinajstić information content (AvgIpc) is 3.45. The maximum Gasteiger partial charge on any atom is 0.294 e. The molecular weight excluding hydrogens is 338 g/mol. The zero-order chi connectivity index (χ0) is 18.4. The molecule has 1 aliphatic carbocycles. The molecule has 0 aliphatic heterocycles. The first-order chi connectivity index (χ1) is 13.2. The number of benzene rings is 2. The number of furan rings is 1. The Morgan fingerprint density at radius 2 is 1.89 bits per heavy atom. The van der Waals surface area contributed by atoms with Gasteiger partial charge >= 0.3 is 0 Å². The molecule has 0 atom stereocenters. The number of H-pyrrole nitrogens is 1. The largest absolute Gasteiger partial charge is 0.449 e. The number of hydrogen-bond donors (Lipinski definition) is 1. The molecule has 5 rings (SSSR count). The van der Waals surface area contributed by atoms with Gasteiger partial charge in [0, 0.05) is 18.0 Å². The fourth-order valence-electron chi connectivity index (χ4n) is 3.60. The molecule has 0 bridgehead atoms. The predicted molar refractivity (Wildman–Crippen MR) is 106 cm³/mol. The molecule has 136 valence electrons. The highest BCUT2D eigenvalue weighted by Crippen LogP contribution is 2.30. The molecule has 2 aromatic heterocycles. The van der Waals surface area contributed by atoms with Gasteiger partial charge in [0.15, 0.2) is 0 Å². The highest BCUT2D eigenvalue weighted by Gasteiger charge is 2.29. The van der Waals surface area contributed by atoms with E-state index in [2.05, 4.69) is 41.1 Å². The van der Waals surface area contributed by atoms with Gasteiger partial charge in [0.2, 0.25) is 5.58 Å². The number of aromatic amines is 1.